The maximum absolute atomic E-state index is 12.3. The molecule has 2 rings (SSSR count). The molecule has 1 fully saturated rings. The number of nitrogens with one attached hydrogen (secondary N) is 1. The van der Waals surface area contributed by atoms with Crippen molar-refractivity contribution in [3.63, 3.8) is 0 Å². The fourth-order valence-electron chi connectivity index (χ4n) is 3.05. The van der Waals surface area contributed by atoms with Gasteiger partial charge in [0.1, 0.15) is 5.69 Å². The number of urea groups is 1. The highest BCUT2D eigenvalue weighted by molar-refractivity contribution is 5.89. The summed E-state index contributed by atoms with van der Waals surface area (Å²) < 4.78 is 37.0. The first-order chi connectivity index (χ1) is 15.1. The fourth-order valence-corrected chi connectivity index (χ4v) is 3.05. The highest BCUT2D eigenvalue weighted by Gasteiger charge is 2.32. The second-order valence-corrected chi connectivity index (χ2v) is 7.78. The fraction of sp³-hybridized carbons (Fsp3) is 0.739. The normalized spacial score (nSPS) is 14.4. The predicted molar refractivity (Wildman–Crippen MR) is 126 cm³/mol. The Morgan fingerprint density at radius 2 is 1.62 bits per heavy atom. The molecule has 1 aromatic heterocycles. The number of alkyl halides is 3. The highest BCUT2D eigenvalue weighted by atomic mass is 19.4. The molecule has 1 saturated heterocycles. The van der Waals surface area contributed by atoms with Gasteiger partial charge in [-0.05, 0) is 59.0 Å². The van der Waals surface area contributed by atoms with Crippen LogP contribution in [0.1, 0.15) is 60.1 Å². The van der Waals surface area contributed by atoms with Crippen LogP contribution in [0.25, 0.3) is 0 Å². The zero-order chi connectivity index (χ0) is 24.7. The molecule has 2 amide bonds. The van der Waals surface area contributed by atoms with E-state index in [0.717, 1.165) is 31.4 Å². The quantitative estimate of drug-likeness (QED) is 0.614. The Hall–Kier alpha value is -1.87. The van der Waals surface area contributed by atoms with Crippen molar-refractivity contribution in [3.8, 4) is 0 Å². The first-order valence-corrected chi connectivity index (χ1v) is 11.6. The van der Waals surface area contributed by atoms with Gasteiger partial charge in [-0.1, -0.05) is 27.7 Å². The van der Waals surface area contributed by atoms with E-state index >= 15 is 0 Å². The maximum Gasteiger partial charge on any atom is 0.433 e. The van der Waals surface area contributed by atoms with Crippen molar-refractivity contribution in [1.29, 1.82) is 0 Å². The molecule has 1 aliphatic heterocycles. The van der Waals surface area contributed by atoms with Crippen LogP contribution in [0.5, 0.6) is 0 Å². The first kappa shape index (κ1) is 30.1. The lowest BCUT2D eigenvalue weighted by Gasteiger charge is -2.32. The van der Waals surface area contributed by atoms with E-state index in [2.05, 4.69) is 47.8 Å². The van der Waals surface area contributed by atoms with Gasteiger partial charge >= 0.3 is 12.2 Å². The largest absolute Gasteiger partial charge is 0.433 e. The summed E-state index contributed by atoms with van der Waals surface area (Å²) >= 11 is 0. The van der Waals surface area contributed by atoms with Gasteiger partial charge < -0.3 is 20.0 Å². The highest BCUT2D eigenvalue weighted by Crippen LogP contribution is 2.27. The third-order valence-corrected chi connectivity index (χ3v) is 4.85. The molecule has 0 radical (unpaired) electrons. The topological polar surface area (TPSA) is 51.7 Å². The lowest BCUT2D eigenvalue weighted by atomic mass is 10.3. The van der Waals surface area contributed by atoms with Crippen LogP contribution in [-0.2, 0) is 6.18 Å². The minimum absolute atomic E-state index is 0.252. The van der Waals surface area contributed by atoms with E-state index in [-0.39, 0.29) is 11.7 Å². The van der Waals surface area contributed by atoms with Crippen molar-refractivity contribution < 1.29 is 18.0 Å². The number of anilines is 1. The van der Waals surface area contributed by atoms with Crippen LogP contribution in [0.4, 0.5) is 23.7 Å². The Bertz CT molecular complexity index is 609. The lowest BCUT2D eigenvalue weighted by molar-refractivity contribution is -0.141. The van der Waals surface area contributed by atoms with Gasteiger partial charge in [0, 0.05) is 32.2 Å². The summed E-state index contributed by atoms with van der Waals surface area (Å²) in [7, 11) is 1.97. The summed E-state index contributed by atoms with van der Waals surface area (Å²) in [6.07, 6.45) is -0.910. The monoisotopic (exact) mass is 461 g/mol. The van der Waals surface area contributed by atoms with Gasteiger partial charge in [0.25, 0.3) is 0 Å². The SMILES string of the molecule is CC.CCCN(CCC)C(C)C.CN1CCN(C(=O)Nc2ccc(C(F)(F)F)nc2)CC1. The molecule has 0 atom stereocenters. The average molecular weight is 462 g/mol. The second-order valence-electron chi connectivity index (χ2n) is 7.78. The number of hydrogen-bond acceptors (Lipinski definition) is 4. The van der Waals surface area contributed by atoms with E-state index in [1.54, 1.807) is 4.90 Å². The number of aromatic nitrogens is 1. The van der Waals surface area contributed by atoms with Crippen LogP contribution in [0.3, 0.4) is 0 Å². The van der Waals surface area contributed by atoms with Crippen LogP contribution in [0.2, 0.25) is 0 Å². The number of carbonyl (C=O) groups excluding carboxylic acids is 1. The molecule has 2 heterocycles. The van der Waals surface area contributed by atoms with E-state index in [9.17, 15) is 18.0 Å². The zero-order valence-corrected chi connectivity index (χ0v) is 20.8. The summed E-state index contributed by atoms with van der Waals surface area (Å²) in [5, 5.41) is 2.54. The third-order valence-electron chi connectivity index (χ3n) is 4.85. The van der Waals surface area contributed by atoms with E-state index < -0.39 is 11.9 Å². The van der Waals surface area contributed by atoms with E-state index in [0.29, 0.717) is 13.1 Å². The molecule has 186 valence electrons. The Balaban J connectivity index is 0.000000680. The Labute approximate surface area is 192 Å². The van der Waals surface area contributed by atoms with Crippen molar-refractivity contribution in [2.45, 2.75) is 66.6 Å². The number of pyridine rings is 1. The molecule has 1 N–H and O–H groups in total. The number of carbonyl (C=O) groups is 1. The summed E-state index contributed by atoms with van der Waals surface area (Å²) in [4.78, 5) is 21.4. The molecule has 0 aliphatic carbocycles. The van der Waals surface area contributed by atoms with Crippen LogP contribution in [-0.4, -0.2) is 78.1 Å². The number of nitrogens with zero attached hydrogens (tertiary/aromatic N) is 4. The van der Waals surface area contributed by atoms with Crippen molar-refractivity contribution in [2.24, 2.45) is 0 Å². The molecule has 1 aliphatic rings. The molecule has 0 saturated carbocycles. The summed E-state index contributed by atoms with van der Waals surface area (Å²) in [6.45, 7) is 18.3. The van der Waals surface area contributed by atoms with Gasteiger partial charge in [-0.15, -0.1) is 0 Å². The van der Waals surface area contributed by atoms with Gasteiger partial charge in [-0.2, -0.15) is 13.2 Å². The Kier molecular flexibility index (Phi) is 14.9. The lowest BCUT2D eigenvalue weighted by Crippen LogP contribution is -2.48. The average Bonchev–Trinajstić information content (AvgIpc) is 2.75. The van der Waals surface area contributed by atoms with Gasteiger partial charge in [0.15, 0.2) is 0 Å². The van der Waals surface area contributed by atoms with Gasteiger partial charge in [-0.25, -0.2) is 9.78 Å². The maximum atomic E-state index is 12.3. The molecule has 0 spiro atoms. The number of piperazine rings is 1. The summed E-state index contributed by atoms with van der Waals surface area (Å²) in [5.74, 6) is 0. The Morgan fingerprint density at radius 3 is 2.00 bits per heavy atom. The van der Waals surface area contributed by atoms with Crippen molar-refractivity contribution in [2.75, 3.05) is 51.6 Å². The van der Waals surface area contributed by atoms with E-state index in [1.807, 2.05) is 20.9 Å². The number of hydrogen-bond donors (Lipinski definition) is 1. The Morgan fingerprint density at radius 1 is 1.09 bits per heavy atom. The standard InChI is InChI=1S/C12H15F3N4O.C9H21N.C2H6/c1-18-4-6-19(7-5-18)11(20)17-9-2-3-10(16-8-9)12(13,14)15;1-5-7-10(8-6-2)9(3)4;1-2/h2-3,8H,4-7H2,1H3,(H,17,20);9H,5-8H2,1-4H3;1-2H3. The van der Waals surface area contributed by atoms with Crippen molar-refractivity contribution in [3.05, 3.63) is 24.0 Å². The first-order valence-electron chi connectivity index (χ1n) is 11.6. The van der Waals surface area contributed by atoms with Gasteiger partial charge in [0.05, 0.1) is 11.9 Å². The van der Waals surface area contributed by atoms with Crippen molar-refractivity contribution >= 4 is 11.7 Å². The number of rotatable bonds is 6. The van der Waals surface area contributed by atoms with E-state index in [4.69, 9.17) is 0 Å². The predicted octanol–water partition coefficient (Wildman–Crippen LogP) is 5.42. The second kappa shape index (κ2) is 15.9. The molecule has 6 nitrogen and oxygen atoms in total. The van der Waals surface area contributed by atoms with Crippen LogP contribution in [0, 0.1) is 0 Å². The molecule has 0 bridgehead atoms. The summed E-state index contributed by atoms with van der Waals surface area (Å²) in [5.41, 5.74) is -0.725. The number of halogens is 3. The van der Waals surface area contributed by atoms with E-state index in [1.165, 1.54) is 32.0 Å². The van der Waals surface area contributed by atoms with Crippen molar-refractivity contribution in [1.82, 2.24) is 19.7 Å². The third kappa shape index (κ3) is 11.7. The molecule has 9 heteroatoms. The number of amides is 2. The minimum Gasteiger partial charge on any atom is -0.322 e. The van der Waals surface area contributed by atoms with Crippen LogP contribution in [0.15, 0.2) is 18.3 Å². The minimum atomic E-state index is -4.47. The molecule has 1 aromatic rings. The molecule has 32 heavy (non-hydrogen) atoms. The smallest absolute Gasteiger partial charge is 0.322 e. The van der Waals surface area contributed by atoms with Crippen LogP contribution < -0.4 is 5.32 Å². The molecular formula is C23H42F3N5O. The zero-order valence-electron chi connectivity index (χ0n) is 20.8. The molecular weight excluding hydrogens is 419 g/mol. The number of likely N-dealkylation sites (N-methyl/N-ethyl adjacent to an activating group) is 1. The summed E-state index contributed by atoms with van der Waals surface area (Å²) in [6, 6.07) is 2.45. The van der Waals surface area contributed by atoms with Gasteiger partial charge in [-0.3, -0.25) is 0 Å². The molecule has 0 unspecified atom stereocenters. The molecule has 0 aromatic carbocycles. The van der Waals surface area contributed by atoms with Crippen LogP contribution >= 0.6 is 0 Å². The van der Waals surface area contributed by atoms with Gasteiger partial charge in [0.2, 0.25) is 0 Å².